The Morgan fingerprint density at radius 3 is 2.61 bits per heavy atom. The van der Waals surface area contributed by atoms with Gasteiger partial charge in [0.2, 0.25) is 0 Å². The van der Waals surface area contributed by atoms with E-state index in [2.05, 4.69) is 21.2 Å². The molecule has 3 nitrogen and oxygen atoms in total. The van der Waals surface area contributed by atoms with E-state index < -0.39 is 0 Å². The van der Waals surface area contributed by atoms with Crippen molar-refractivity contribution in [1.29, 1.82) is 0 Å². The third kappa shape index (κ3) is 2.76. The highest BCUT2D eigenvalue weighted by Gasteiger charge is 2.20. The van der Waals surface area contributed by atoms with Gasteiger partial charge in [-0.05, 0) is 37.3 Å². The number of nitrogens with one attached hydrogen (secondary N) is 1. The molecule has 0 saturated heterocycles. The predicted octanol–water partition coefficient (Wildman–Crippen LogP) is 2.63. The monoisotopic (exact) mass is 305 g/mol. The summed E-state index contributed by atoms with van der Waals surface area (Å²) in [5.74, 6) is -0.299. The topological polar surface area (TPSA) is 46.2 Å². The summed E-state index contributed by atoms with van der Waals surface area (Å²) in [5, 5.41) is 2.99. The molecule has 0 aliphatic carbocycles. The van der Waals surface area contributed by atoms with E-state index in [4.69, 9.17) is 0 Å². The lowest BCUT2D eigenvalue weighted by molar-refractivity contribution is -0.110. The van der Waals surface area contributed by atoms with Crippen LogP contribution in [0.25, 0.3) is 0 Å². The standard InChI is InChI=1S/C14H12BrNO2/c1-9-13(8-12(17)6-7-16-9)14(18)10-2-4-11(15)5-3-10/h2-9,16H,1H3. The van der Waals surface area contributed by atoms with E-state index in [0.29, 0.717) is 11.1 Å². The molecule has 1 atom stereocenters. The normalized spacial score (nSPS) is 18.9. The minimum Gasteiger partial charge on any atom is -0.384 e. The molecule has 1 aromatic rings. The molecule has 1 aliphatic heterocycles. The number of hydrogen-bond acceptors (Lipinski definition) is 3. The number of Topliss-reactive ketones (excluding diaryl/α,β-unsaturated/α-hetero) is 1. The van der Waals surface area contributed by atoms with E-state index in [-0.39, 0.29) is 17.6 Å². The largest absolute Gasteiger partial charge is 0.384 e. The number of hydrogen-bond donors (Lipinski definition) is 1. The molecule has 0 radical (unpaired) electrons. The van der Waals surface area contributed by atoms with Gasteiger partial charge in [-0.15, -0.1) is 0 Å². The minimum atomic E-state index is -0.177. The highest BCUT2D eigenvalue weighted by atomic mass is 79.9. The molecule has 0 bridgehead atoms. The molecule has 4 heteroatoms. The van der Waals surface area contributed by atoms with Crippen molar-refractivity contribution in [1.82, 2.24) is 5.32 Å². The zero-order valence-corrected chi connectivity index (χ0v) is 11.4. The fourth-order valence-electron chi connectivity index (χ4n) is 1.72. The van der Waals surface area contributed by atoms with E-state index >= 15 is 0 Å². The van der Waals surface area contributed by atoms with E-state index in [1.54, 1.807) is 18.3 Å². The maximum absolute atomic E-state index is 12.3. The number of halogens is 1. The third-order valence-electron chi connectivity index (χ3n) is 2.73. The summed E-state index contributed by atoms with van der Waals surface area (Å²) in [6, 6.07) is 6.92. The summed E-state index contributed by atoms with van der Waals surface area (Å²) < 4.78 is 0.915. The molecule has 1 heterocycles. The van der Waals surface area contributed by atoms with Crippen LogP contribution in [0.3, 0.4) is 0 Å². The molecular formula is C14H12BrNO2. The zero-order chi connectivity index (χ0) is 13.1. The molecule has 0 fully saturated rings. The summed E-state index contributed by atoms with van der Waals surface area (Å²) in [6.07, 6.45) is 4.38. The van der Waals surface area contributed by atoms with Gasteiger partial charge in [-0.25, -0.2) is 0 Å². The number of carbonyl (C=O) groups is 2. The summed E-state index contributed by atoms with van der Waals surface area (Å²) in [7, 11) is 0. The van der Waals surface area contributed by atoms with Crippen molar-refractivity contribution < 1.29 is 9.59 Å². The maximum atomic E-state index is 12.3. The average molecular weight is 306 g/mol. The molecule has 0 saturated carbocycles. The summed E-state index contributed by atoms with van der Waals surface area (Å²) in [4.78, 5) is 23.8. The smallest absolute Gasteiger partial charge is 0.191 e. The van der Waals surface area contributed by atoms with Crippen molar-refractivity contribution in [2.75, 3.05) is 0 Å². The first kappa shape index (κ1) is 12.8. The van der Waals surface area contributed by atoms with Crippen LogP contribution in [0.1, 0.15) is 17.3 Å². The molecule has 0 spiro atoms. The molecule has 1 N–H and O–H groups in total. The highest BCUT2D eigenvalue weighted by molar-refractivity contribution is 9.10. The quantitative estimate of drug-likeness (QED) is 0.854. The number of carbonyl (C=O) groups excluding carboxylic acids is 2. The van der Waals surface area contributed by atoms with Crippen LogP contribution in [0, 0.1) is 0 Å². The Kier molecular flexibility index (Phi) is 3.77. The SMILES string of the molecule is CC1NC=CC(=O)C=C1C(=O)c1ccc(Br)cc1. The van der Waals surface area contributed by atoms with Crippen molar-refractivity contribution in [2.45, 2.75) is 13.0 Å². The first-order valence-electron chi connectivity index (χ1n) is 5.56. The van der Waals surface area contributed by atoms with Gasteiger partial charge in [-0.1, -0.05) is 15.9 Å². The van der Waals surface area contributed by atoms with Gasteiger partial charge in [-0.2, -0.15) is 0 Å². The molecular weight excluding hydrogens is 294 g/mol. The lowest BCUT2D eigenvalue weighted by atomic mass is 9.97. The second-order valence-corrected chi connectivity index (χ2v) is 4.98. The second kappa shape index (κ2) is 5.31. The van der Waals surface area contributed by atoms with Crippen molar-refractivity contribution in [2.24, 2.45) is 0 Å². The van der Waals surface area contributed by atoms with E-state index in [1.807, 2.05) is 19.1 Å². The summed E-state index contributed by atoms with van der Waals surface area (Å²) >= 11 is 3.32. The molecule has 1 aromatic carbocycles. The van der Waals surface area contributed by atoms with Crippen molar-refractivity contribution >= 4 is 27.5 Å². The zero-order valence-electron chi connectivity index (χ0n) is 9.81. The van der Waals surface area contributed by atoms with Crippen LogP contribution in [0.15, 0.2) is 52.7 Å². The van der Waals surface area contributed by atoms with Gasteiger partial charge in [0.15, 0.2) is 11.6 Å². The van der Waals surface area contributed by atoms with Crippen molar-refractivity contribution in [3.8, 4) is 0 Å². The van der Waals surface area contributed by atoms with Crippen molar-refractivity contribution in [3.05, 3.63) is 58.2 Å². The van der Waals surface area contributed by atoms with Crippen LogP contribution in [0.2, 0.25) is 0 Å². The molecule has 1 unspecified atom stereocenters. The van der Waals surface area contributed by atoms with E-state index in [9.17, 15) is 9.59 Å². The lowest BCUT2D eigenvalue weighted by Gasteiger charge is -2.13. The molecule has 18 heavy (non-hydrogen) atoms. The summed E-state index contributed by atoms with van der Waals surface area (Å²) in [5.41, 5.74) is 1.06. The van der Waals surface area contributed by atoms with Crippen LogP contribution in [-0.2, 0) is 4.79 Å². The van der Waals surface area contributed by atoms with E-state index in [0.717, 1.165) is 4.47 Å². The van der Waals surface area contributed by atoms with Crippen LogP contribution in [-0.4, -0.2) is 17.6 Å². The first-order chi connectivity index (χ1) is 8.58. The van der Waals surface area contributed by atoms with Gasteiger partial charge in [-0.3, -0.25) is 9.59 Å². The predicted molar refractivity (Wildman–Crippen MR) is 73.3 cm³/mol. The van der Waals surface area contributed by atoms with Crippen LogP contribution in [0.4, 0.5) is 0 Å². The average Bonchev–Trinajstić information content (AvgIpc) is 2.51. The second-order valence-electron chi connectivity index (χ2n) is 4.06. The van der Waals surface area contributed by atoms with Crippen LogP contribution < -0.4 is 5.32 Å². The molecule has 1 aliphatic rings. The summed E-state index contributed by atoms with van der Waals surface area (Å²) in [6.45, 7) is 1.85. The number of ketones is 2. The van der Waals surface area contributed by atoms with Crippen LogP contribution >= 0.6 is 15.9 Å². The Morgan fingerprint density at radius 2 is 1.94 bits per heavy atom. The third-order valence-corrected chi connectivity index (χ3v) is 3.26. The van der Waals surface area contributed by atoms with E-state index in [1.165, 1.54) is 12.2 Å². The lowest BCUT2D eigenvalue weighted by Crippen LogP contribution is -2.26. The Balaban J connectivity index is 2.33. The van der Waals surface area contributed by atoms with Gasteiger partial charge >= 0.3 is 0 Å². The van der Waals surface area contributed by atoms with Crippen molar-refractivity contribution in [3.63, 3.8) is 0 Å². The first-order valence-corrected chi connectivity index (χ1v) is 6.35. The molecule has 0 amide bonds. The molecule has 92 valence electrons. The van der Waals surface area contributed by atoms with Gasteiger partial charge in [0, 0.05) is 27.9 Å². The number of benzene rings is 1. The molecule has 0 aromatic heterocycles. The number of rotatable bonds is 2. The van der Waals surface area contributed by atoms with Gasteiger partial charge in [0.25, 0.3) is 0 Å². The highest BCUT2D eigenvalue weighted by Crippen LogP contribution is 2.17. The van der Waals surface area contributed by atoms with Gasteiger partial charge in [0.1, 0.15) is 0 Å². The fraction of sp³-hybridized carbons (Fsp3) is 0.143. The molecule has 2 rings (SSSR count). The fourth-order valence-corrected chi connectivity index (χ4v) is 1.99. The maximum Gasteiger partial charge on any atom is 0.191 e. The van der Waals surface area contributed by atoms with Gasteiger partial charge in [0.05, 0.1) is 6.04 Å². The number of allylic oxidation sites excluding steroid dienone is 2. The Morgan fingerprint density at radius 1 is 1.28 bits per heavy atom. The van der Waals surface area contributed by atoms with Gasteiger partial charge < -0.3 is 5.32 Å². The Bertz CT molecular complexity index is 543. The van der Waals surface area contributed by atoms with Crippen LogP contribution in [0.5, 0.6) is 0 Å². The Labute approximate surface area is 114 Å². The Hall–Kier alpha value is -1.68. The minimum absolute atomic E-state index is 0.125.